The minimum Gasteiger partial charge on any atom is -0.325 e. The van der Waals surface area contributed by atoms with E-state index in [4.69, 9.17) is 11.6 Å². The Labute approximate surface area is 260 Å². The van der Waals surface area contributed by atoms with E-state index < -0.39 is 11.8 Å². The molecule has 4 aromatic rings. The molecule has 216 valence electrons. The molecule has 43 heavy (non-hydrogen) atoms. The number of carbonyl (C=O) groups is 3. The summed E-state index contributed by atoms with van der Waals surface area (Å²) in [5, 5.41) is 16.8. The van der Waals surface area contributed by atoms with Crippen molar-refractivity contribution >= 4 is 46.6 Å². The Morgan fingerprint density at radius 1 is 0.860 bits per heavy atom. The zero-order valence-electron chi connectivity index (χ0n) is 23.8. The quantitative estimate of drug-likeness (QED) is 0.134. The molecule has 0 aliphatic carbocycles. The number of rotatable bonds is 11. The van der Waals surface area contributed by atoms with Gasteiger partial charge >= 0.3 is 0 Å². The smallest absolute Gasteiger partial charge is 0.256 e. The number of nitriles is 1. The Kier molecular flexibility index (Phi) is 10.9. The molecule has 0 unspecified atom stereocenters. The van der Waals surface area contributed by atoms with E-state index in [0.717, 1.165) is 22.9 Å². The van der Waals surface area contributed by atoms with Gasteiger partial charge in [0.05, 0.1) is 22.4 Å². The van der Waals surface area contributed by atoms with Crippen LogP contribution in [-0.2, 0) is 4.79 Å². The third kappa shape index (κ3) is 8.45. The molecule has 0 saturated carbocycles. The van der Waals surface area contributed by atoms with Gasteiger partial charge in [-0.15, -0.1) is 0 Å². The fourth-order valence-corrected chi connectivity index (χ4v) is 5.69. The molecule has 6 nitrogen and oxygen atoms in total. The molecule has 2 amide bonds. The molecule has 0 heterocycles. The Balaban J connectivity index is 1.73. The molecule has 0 radical (unpaired) electrons. The fraction of sp³-hybridized carbons (Fsp3) is 0.143. The van der Waals surface area contributed by atoms with Crippen molar-refractivity contribution < 1.29 is 14.4 Å². The summed E-state index contributed by atoms with van der Waals surface area (Å²) in [6.07, 6.45) is -0.0728. The van der Waals surface area contributed by atoms with E-state index in [0.29, 0.717) is 27.4 Å². The first kappa shape index (κ1) is 31.3. The number of benzene rings is 4. The summed E-state index contributed by atoms with van der Waals surface area (Å²) >= 11 is 7.62. The van der Waals surface area contributed by atoms with E-state index in [-0.39, 0.29) is 34.5 Å². The van der Waals surface area contributed by atoms with Crippen LogP contribution >= 0.6 is 23.4 Å². The van der Waals surface area contributed by atoms with Gasteiger partial charge in [0.15, 0.2) is 5.78 Å². The second-order valence-electron chi connectivity index (χ2n) is 9.90. The highest BCUT2D eigenvalue weighted by Crippen LogP contribution is 2.37. The first-order valence-electron chi connectivity index (χ1n) is 13.6. The van der Waals surface area contributed by atoms with Gasteiger partial charge in [-0.3, -0.25) is 14.4 Å². The van der Waals surface area contributed by atoms with E-state index in [1.54, 1.807) is 78.9 Å². The van der Waals surface area contributed by atoms with Crippen LogP contribution in [0.25, 0.3) is 0 Å². The highest BCUT2D eigenvalue weighted by atomic mass is 35.5. The van der Waals surface area contributed by atoms with Crippen LogP contribution in [0.1, 0.15) is 49.7 Å². The van der Waals surface area contributed by atoms with Gasteiger partial charge in [0.25, 0.3) is 5.91 Å². The monoisotopic (exact) mass is 607 g/mol. The van der Waals surface area contributed by atoms with Gasteiger partial charge in [0, 0.05) is 34.2 Å². The van der Waals surface area contributed by atoms with E-state index >= 15 is 0 Å². The summed E-state index contributed by atoms with van der Waals surface area (Å²) in [6, 6.07) is 32.3. The largest absolute Gasteiger partial charge is 0.325 e. The fourth-order valence-electron chi connectivity index (χ4n) is 4.56. The molecular formula is C35H30ClN3O3S. The van der Waals surface area contributed by atoms with Crippen molar-refractivity contribution in [3.63, 3.8) is 0 Å². The van der Waals surface area contributed by atoms with Gasteiger partial charge in [-0.1, -0.05) is 108 Å². The summed E-state index contributed by atoms with van der Waals surface area (Å²) in [7, 11) is 0. The van der Waals surface area contributed by atoms with Crippen molar-refractivity contribution in [2.75, 3.05) is 11.1 Å². The lowest BCUT2D eigenvalue weighted by atomic mass is 9.86. The Bertz CT molecular complexity index is 1700. The molecule has 1 atom stereocenters. The van der Waals surface area contributed by atoms with Crippen LogP contribution < -0.4 is 10.6 Å². The molecule has 2 N–H and O–H groups in total. The van der Waals surface area contributed by atoms with Gasteiger partial charge in [-0.25, -0.2) is 0 Å². The molecular weight excluding hydrogens is 578 g/mol. The first-order chi connectivity index (χ1) is 20.8. The number of nitrogens with zero attached hydrogens (tertiary/aromatic N) is 1. The first-order valence-corrected chi connectivity index (χ1v) is 15.0. The third-order valence-corrected chi connectivity index (χ3v) is 8.11. The van der Waals surface area contributed by atoms with Crippen LogP contribution in [-0.4, -0.2) is 23.4 Å². The van der Waals surface area contributed by atoms with Crippen molar-refractivity contribution in [2.24, 2.45) is 0 Å². The van der Waals surface area contributed by atoms with Gasteiger partial charge in [-0.05, 0) is 49.2 Å². The lowest BCUT2D eigenvalue weighted by Crippen LogP contribution is -2.26. The maximum absolute atomic E-state index is 13.4. The van der Waals surface area contributed by atoms with Crippen LogP contribution in [0.15, 0.2) is 114 Å². The second-order valence-corrected chi connectivity index (χ2v) is 11.3. The summed E-state index contributed by atoms with van der Waals surface area (Å²) in [6.45, 7) is 3.88. The lowest BCUT2D eigenvalue weighted by molar-refractivity contribution is -0.113. The molecule has 4 aromatic carbocycles. The Hall–Kier alpha value is -4.64. The SMILES string of the molecule is Cc1ccc(NC(=O)CS/C(NC(=O)c2ccccc2)=C(\C#N)[C@H](CC(=O)c2ccccc2)c2ccccc2Cl)c(C)c1. The number of anilines is 1. The summed E-state index contributed by atoms with van der Waals surface area (Å²) in [4.78, 5) is 39.8. The van der Waals surface area contributed by atoms with Crippen LogP contribution in [0.5, 0.6) is 0 Å². The van der Waals surface area contributed by atoms with Crippen LogP contribution in [0.3, 0.4) is 0 Å². The number of hydrogen-bond acceptors (Lipinski definition) is 5. The van der Waals surface area contributed by atoms with Gasteiger partial charge in [0.2, 0.25) is 5.91 Å². The maximum Gasteiger partial charge on any atom is 0.256 e. The Morgan fingerprint density at radius 2 is 1.49 bits per heavy atom. The zero-order valence-corrected chi connectivity index (χ0v) is 25.3. The van der Waals surface area contributed by atoms with E-state index in [2.05, 4.69) is 16.7 Å². The van der Waals surface area contributed by atoms with Gasteiger partial charge in [0.1, 0.15) is 0 Å². The van der Waals surface area contributed by atoms with Gasteiger partial charge < -0.3 is 10.6 Å². The van der Waals surface area contributed by atoms with E-state index in [9.17, 15) is 19.6 Å². The van der Waals surface area contributed by atoms with Crippen molar-refractivity contribution in [3.05, 3.63) is 147 Å². The number of amides is 2. The lowest BCUT2D eigenvalue weighted by Gasteiger charge is -2.21. The van der Waals surface area contributed by atoms with Crippen LogP contribution in [0.4, 0.5) is 5.69 Å². The molecule has 0 fully saturated rings. The topological polar surface area (TPSA) is 99.1 Å². The number of ketones is 1. The number of aryl methyl sites for hydroxylation is 2. The highest BCUT2D eigenvalue weighted by molar-refractivity contribution is 8.03. The Morgan fingerprint density at radius 3 is 2.12 bits per heavy atom. The zero-order chi connectivity index (χ0) is 30.8. The van der Waals surface area contributed by atoms with E-state index in [1.165, 1.54) is 0 Å². The number of nitrogens with one attached hydrogen (secondary N) is 2. The number of thioether (sulfide) groups is 1. The number of halogens is 1. The highest BCUT2D eigenvalue weighted by Gasteiger charge is 2.28. The van der Waals surface area contributed by atoms with Crippen LogP contribution in [0, 0.1) is 25.2 Å². The van der Waals surface area contributed by atoms with Crippen molar-refractivity contribution in [1.82, 2.24) is 5.32 Å². The molecule has 0 aromatic heterocycles. The number of allylic oxidation sites excluding steroid dienone is 1. The standard InChI is InChI=1S/C35H30ClN3O3S/c1-23-17-18-31(24(2)19-23)38-33(41)22-43-35(39-34(42)26-13-7-4-8-14-26)29(21-37)28(27-15-9-10-16-30(27)36)20-32(40)25-11-5-3-6-12-25/h3-19,28H,20,22H2,1-2H3,(H,38,41)(H,39,42)/b35-29+/t28-/m1/s1. The average molecular weight is 608 g/mol. The number of hydrogen-bond donors (Lipinski definition) is 2. The van der Waals surface area contributed by atoms with E-state index in [1.807, 2.05) is 38.1 Å². The molecule has 0 aliphatic heterocycles. The normalized spacial score (nSPS) is 12.0. The predicted molar refractivity (Wildman–Crippen MR) is 173 cm³/mol. The van der Waals surface area contributed by atoms with Crippen molar-refractivity contribution in [3.8, 4) is 6.07 Å². The van der Waals surface area contributed by atoms with Crippen molar-refractivity contribution in [2.45, 2.75) is 26.2 Å². The molecule has 0 saturated heterocycles. The van der Waals surface area contributed by atoms with Crippen molar-refractivity contribution in [1.29, 1.82) is 5.26 Å². The van der Waals surface area contributed by atoms with Crippen LogP contribution in [0.2, 0.25) is 5.02 Å². The molecule has 0 spiro atoms. The summed E-state index contributed by atoms with van der Waals surface area (Å²) < 4.78 is 0. The minimum atomic E-state index is -0.785. The predicted octanol–water partition coefficient (Wildman–Crippen LogP) is 7.85. The minimum absolute atomic E-state index is 0.0728. The summed E-state index contributed by atoms with van der Waals surface area (Å²) in [5.41, 5.74) is 4.25. The molecule has 4 rings (SSSR count). The number of Topliss-reactive ketones (excluding diaryl/α,β-unsaturated/α-hetero) is 1. The second kappa shape index (κ2) is 15.0. The third-order valence-electron chi connectivity index (χ3n) is 6.75. The average Bonchev–Trinajstić information content (AvgIpc) is 3.02. The summed E-state index contributed by atoms with van der Waals surface area (Å²) in [5.74, 6) is -1.82. The van der Waals surface area contributed by atoms with Gasteiger partial charge in [-0.2, -0.15) is 5.26 Å². The maximum atomic E-state index is 13.4. The molecule has 0 aliphatic rings. The molecule has 0 bridgehead atoms. The molecule has 8 heteroatoms. The number of carbonyl (C=O) groups excluding carboxylic acids is 3.